The lowest BCUT2D eigenvalue weighted by molar-refractivity contribution is -0.117. The number of carboxylic acid groups (broad SMARTS) is 1. The highest BCUT2D eigenvalue weighted by molar-refractivity contribution is 6.06. The second-order valence-electron chi connectivity index (χ2n) is 19.2. The van der Waals surface area contributed by atoms with Crippen LogP contribution in [0.5, 0.6) is 11.8 Å². The Bertz CT molecular complexity index is 2950. The number of benzene rings is 3. The number of pyridine rings is 1. The molecule has 6 aromatic rings. The van der Waals surface area contributed by atoms with Crippen molar-refractivity contribution in [2.75, 3.05) is 61.2 Å². The van der Waals surface area contributed by atoms with Crippen molar-refractivity contribution in [2.24, 2.45) is 0 Å². The van der Waals surface area contributed by atoms with Gasteiger partial charge in [0.1, 0.15) is 29.9 Å². The molecule has 0 radical (unpaired) electrons. The van der Waals surface area contributed by atoms with E-state index >= 15 is 4.39 Å². The van der Waals surface area contributed by atoms with Gasteiger partial charge in [0.05, 0.1) is 55.8 Å². The summed E-state index contributed by atoms with van der Waals surface area (Å²) in [6, 6.07) is 15.5. The molecule has 6 aliphatic rings. The fraction of sp³-hybridized carbons (Fsp3) is 0.451. The normalized spacial score (nSPS) is 21.9. The van der Waals surface area contributed by atoms with Crippen LogP contribution in [-0.2, 0) is 27.4 Å². The SMILES string of the molecule is Cc1c(F)cc2c(cnn2C2CCCCO2)c1-c1c(C2CC2)cc2c(N3C[C@@H]4C[C@H]3CN4C(=O)O)nc(OC3CCOCC3)nc2c1OCc1ccc(CN2C(=O)CN(C)c3ncccc32)cc1. The lowest BCUT2D eigenvalue weighted by atomic mass is 9.88. The zero-order valence-electron chi connectivity index (χ0n) is 38.3. The molecule has 12 rings (SSSR count). The average molecular weight is 924 g/mol. The molecule has 2 amide bonds. The van der Waals surface area contributed by atoms with E-state index in [1.54, 1.807) is 17.2 Å². The molecule has 0 spiro atoms. The zero-order chi connectivity index (χ0) is 46.2. The highest BCUT2D eigenvalue weighted by Gasteiger charge is 2.47. The second-order valence-corrected chi connectivity index (χ2v) is 19.2. The molecule has 16 nitrogen and oxygen atoms in total. The van der Waals surface area contributed by atoms with Gasteiger partial charge in [-0.3, -0.25) is 4.79 Å². The number of likely N-dealkylation sites (tertiary alicyclic amines) is 1. The maximum Gasteiger partial charge on any atom is 0.407 e. The summed E-state index contributed by atoms with van der Waals surface area (Å²) in [4.78, 5) is 47.9. The van der Waals surface area contributed by atoms with Gasteiger partial charge in [0.15, 0.2) is 17.8 Å². The molecular formula is C51H54FN9O7. The minimum Gasteiger partial charge on any atom is -0.486 e. The number of hydrogen-bond donors (Lipinski definition) is 1. The molecule has 4 saturated heterocycles. The van der Waals surface area contributed by atoms with E-state index in [1.165, 1.54) is 4.90 Å². The monoisotopic (exact) mass is 923 g/mol. The van der Waals surface area contributed by atoms with Gasteiger partial charge in [-0.25, -0.2) is 18.9 Å². The number of amides is 2. The van der Waals surface area contributed by atoms with E-state index in [4.69, 9.17) is 34.0 Å². The number of piperazine rings is 1. The Balaban J connectivity index is 1.00. The first-order valence-corrected chi connectivity index (χ1v) is 24.0. The molecule has 5 aliphatic heterocycles. The third-order valence-corrected chi connectivity index (χ3v) is 14.8. The lowest BCUT2D eigenvalue weighted by Gasteiger charge is -2.34. The number of ether oxygens (including phenoxy) is 4. The number of likely N-dealkylation sites (N-methyl/N-ethyl adjacent to an activating group) is 1. The molecule has 5 fully saturated rings. The number of nitrogens with zero attached hydrogens (tertiary/aromatic N) is 9. The molecule has 1 saturated carbocycles. The lowest BCUT2D eigenvalue weighted by Crippen LogP contribution is -2.48. The van der Waals surface area contributed by atoms with Gasteiger partial charge in [0.25, 0.3) is 0 Å². The smallest absolute Gasteiger partial charge is 0.407 e. The van der Waals surface area contributed by atoms with Crippen molar-refractivity contribution >= 4 is 51.1 Å². The Kier molecular flexibility index (Phi) is 10.8. The minimum absolute atomic E-state index is 0.00331. The molecule has 1 N–H and O–H groups in total. The third-order valence-electron chi connectivity index (χ3n) is 14.8. The molecule has 1 aliphatic carbocycles. The summed E-state index contributed by atoms with van der Waals surface area (Å²) in [7, 11) is 1.88. The van der Waals surface area contributed by atoms with Crippen molar-refractivity contribution in [1.82, 2.24) is 29.6 Å². The van der Waals surface area contributed by atoms with E-state index < -0.39 is 6.09 Å². The van der Waals surface area contributed by atoms with Gasteiger partial charge in [-0.05, 0) is 91.8 Å². The molecule has 17 heteroatoms. The van der Waals surface area contributed by atoms with Crippen LogP contribution in [0, 0.1) is 12.7 Å². The van der Waals surface area contributed by atoms with Crippen LogP contribution in [0.25, 0.3) is 32.9 Å². The average Bonchev–Trinajstić information content (AvgIpc) is 3.79. The maximum absolute atomic E-state index is 16.7. The predicted molar refractivity (Wildman–Crippen MR) is 252 cm³/mol. The van der Waals surface area contributed by atoms with Gasteiger partial charge in [0.2, 0.25) is 5.91 Å². The van der Waals surface area contributed by atoms with Crippen molar-refractivity contribution < 1.29 is 38.0 Å². The van der Waals surface area contributed by atoms with Crippen molar-refractivity contribution in [1.29, 1.82) is 0 Å². The highest BCUT2D eigenvalue weighted by Crippen LogP contribution is 2.54. The number of rotatable bonds is 11. The quantitative estimate of drug-likeness (QED) is 0.133. The number of halogens is 1. The van der Waals surface area contributed by atoms with Gasteiger partial charge in [-0.1, -0.05) is 24.3 Å². The van der Waals surface area contributed by atoms with Crippen molar-refractivity contribution in [3.8, 4) is 22.9 Å². The topological polar surface area (TPSA) is 161 Å². The first-order valence-electron chi connectivity index (χ1n) is 24.0. The van der Waals surface area contributed by atoms with Gasteiger partial charge < -0.3 is 43.7 Å². The summed E-state index contributed by atoms with van der Waals surface area (Å²) in [6.07, 6.45) is 8.91. The predicted octanol–water partition coefficient (Wildman–Crippen LogP) is 8.13. The van der Waals surface area contributed by atoms with Crippen LogP contribution in [-0.4, -0.2) is 111 Å². The summed E-state index contributed by atoms with van der Waals surface area (Å²) in [5.74, 6) is 1.75. The largest absolute Gasteiger partial charge is 0.486 e. The summed E-state index contributed by atoms with van der Waals surface area (Å²) < 4.78 is 44.2. The Morgan fingerprint density at radius 1 is 0.926 bits per heavy atom. The minimum atomic E-state index is -0.914. The number of hydrogen-bond acceptors (Lipinski definition) is 12. The molecule has 1 unspecified atom stereocenters. The van der Waals surface area contributed by atoms with E-state index in [1.807, 2.05) is 66.1 Å². The van der Waals surface area contributed by atoms with Crippen molar-refractivity contribution in [2.45, 2.75) is 102 Å². The third kappa shape index (κ3) is 7.59. The Labute approximate surface area is 392 Å². The fourth-order valence-electron chi connectivity index (χ4n) is 11.1. The highest BCUT2D eigenvalue weighted by atomic mass is 19.1. The molecule has 3 atom stereocenters. The van der Waals surface area contributed by atoms with Gasteiger partial charge in [-0.15, -0.1) is 0 Å². The molecule has 352 valence electrons. The van der Waals surface area contributed by atoms with Gasteiger partial charge in [0, 0.05) is 73.7 Å². The number of fused-ring (bicyclic) bond motifs is 5. The molecule has 8 heterocycles. The van der Waals surface area contributed by atoms with Crippen LogP contribution in [0.15, 0.2) is 60.9 Å². The van der Waals surface area contributed by atoms with Crippen molar-refractivity contribution in [3.05, 3.63) is 89.0 Å². The number of carbonyl (C=O) groups is 2. The van der Waals surface area contributed by atoms with Crippen LogP contribution >= 0.6 is 0 Å². The summed E-state index contributed by atoms with van der Waals surface area (Å²) >= 11 is 0. The van der Waals surface area contributed by atoms with Gasteiger partial charge in [-0.2, -0.15) is 15.1 Å². The Morgan fingerprint density at radius 2 is 1.75 bits per heavy atom. The standard InChI is InChI=1S/C51H54FN9O7/c1-29-39(52)22-41-38(23-54-61(41)43-7-3-4-17-66-43)44(29)45-36(32-12-13-32)21-37-46(55-50(68-35-14-18-65-19-15-35)56-48(37)58-25-34-20-33(58)26-59(34)51(63)64)47(45)67-28-31-10-8-30(9-11-31)24-60-40-6-5-16-53-49(40)57(2)27-42(60)62/h5-6,8-11,16,21-23,32-35,43H,3-4,7,12-15,17-20,24-28H2,1-2H3,(H,63,64)/t33-,34-,43?/m0/s1. The number of carbonyl (C=O) groups excluding carboxylic acids is 1. The molecule has 3 aromatic heterocycles. The van der Waals surface area contributed by atoms with Crippen LogP contribution in [0.1, 0.15) is 85.8 Å². The van der Waals surface area contributed by atoms with Gasteiger partial charge >= 0.3 is 12.1 Å². The first kappa shape index (κ1) is 42.7. The molecular weight excluding hydrogens is 870 g/mol. The van der Waals surface area contributed by atoms with E-state index in [2.05, 4.69) is 16.0 Å². The van der Waals surface area contributed by atoms with Crippen LogP contribution in [0.2, 0.25) is 0 Å². The van der Waals surface area contributed by atoms with Crippen LogP contribution in [0.3, 0.4) is 0 Å². The van der Waals surface area contributed by atoms with E-state index in [0.717, 1.165) is 76.6 Å². The molecule has 2 bridgehead atoms. The summed E-state index contributed by atoms with van der Waals surface area (Å²) in [5, 5.41) is 16.5. The number of anilines is 3. The summed E-state index contributed by atoms with van der Waals surface area (Å²) in [6.45, 7) is 5.21. The summed E-state index contributed by atoms with van der Waals surface area (Å²) in [5.41, 5.74) is 6.76. The Morgan fingerprint density at radius 3 is 2.50 bits per heavy atom. The van der Waals surface area contributed by atoms with Crippen LogP contribution in [0.4, 0.5) is 26.5 Å². The molecule has 68 heavy (non-hydrogen) atoms. The zero-order valence-corrected chi connectivity index (χ0v) is 38.3. The second kappa shape index (κ2) is 17.2. The molecule has 3 aromatic carbocycles. The van der Waals surface area contributed by atoms with Crippen molar-refractivity contribution in [3.63, 3.8) is 0 Å². The first-order chi connectivity index (χ1) is 33.2. The Hall–Kier alpha value is -6.59. The number of aromatic nitrogens is 5. The van der Waals surface area contributed by atoms with E-state index in [-0.39, 0.29) is 61.2 Å². The van der Waals surface area contributed by atoms with E-state index in [0.29, 0.717) is 92.4 Å². The maximum atomic E-state index is 16.7. The fourth-order valence-corrected chi connectivity index (χ4v) is 11.1. The van der Waals surface area contributed by atoms with Crippen LogP contribution < -0.4 is 24.2 Å². The van der Waals surface area contributed by atoms with E-state index in [9.17, 15) is 14.7 Å².